The highest BCUT2D eigenvalue weighted by Crippen LogP contribution is 2.17. The van der Waals surface area contributed by atoms with Crippen LogP contribution in [0.4, 0.5) is 11.4 Å². The van der Waals surface area contributed by atoms with E-state index in [1.165, 1.54) is 6.08 Å². The van der Waals surface area contributed by atoms with Crippen molar-refractivity contribution in [2.24, 2.45) is 0 Å². The third kappa shape index (κ3) is 4.10. The predicted molar refractivity (Wildman–Crippen MR) is 87.7 cm³/mol. The Kier molecular flexibility index (Phi) is 4.57. The molecule has 2 aromatic carbocycles. The van der Waals surface area contributed by atoms with E-state index in [2.05, 4.69) is 27.9 Å². The summed E-state index contributed by atoms with van der Waals surface area (Å²) in [5.74, 6) is -0.161. The minimum Gasteiger partial charge on any atom is -0.399 e. The Bertz CT molecular complexity index is 623. The second-order valence-electron chi connectivity index (χ2n) is 3.97. The number of para-hydroxylation sites is 1. The van der Waals surface area contributed by atoms with Crippen molar-refractivity contribution >= 4 is 45.9 Å². The molecule has 3 N–H and O–H groups in total. The van der Waals surface area contributed by atoms with Crippen molar-refractivity contribution in [3.05, 3.63) is 63.7 Å². The van der Waals surface area contributed by atoms with Crippen LogP contribution in [0.15, 0.2) is 54.6 Å². The van der Waals surface area contributed by atoms with Crippen molar-refractivity contribution in [3.8, 4) is 0 Å². The third-order valence-corrected chi connectivity index (χ3v) is 3.41. The average molecular weight is 364 g/mol. The molecule has 0 heterocycles. The molecule has 4 heteroatoms. The molecule has 0 atom stereocenters. The molecule has 0 aliphatic carbocycles. The van der Waals surface area contributed by atoms with Gasteiger partial charge < -0.3 is 11.1 Å². The maximum Gasteiger partial charge on any atom is 0.248 e. The molecule has 0 spiro atoms. The van der Waals surface area contributed by atoms with Gasteiger partial charge in [-0.05, 0) is 58.5 Å². The molecular weight excluding hydrogens is 351 g/mol. The third-order valence-electron chi connectivity index (χ3n) is 2.47. The Morgan fingerprint density at radius 3 is 2.68 bits per heavy atom. The number of carbonyl (C=O) groups excluding carboxylic acids is 1. The van der Waals surface area contributed by atoms with Crippen LogP contribution in [0.25, 0.3) is 6.08 Å². The van der Waals surface area contributed by atoms with E-state index in [0.29, 0.717) is 5.69 Å². The quantitative estimate of drug-likeness (QED) is 0.498. The second kappa shape index (κ2) is 6.38. The van der Waals surface area contributed by atoms with E-state index >= 15 is 0 Å². The van der Waals surface area contributed by atoms with Gasteiger partial charge in [-0.15, -0.1) is 0 Å². The summed E-state index contributed by atoms with van der Waals surface area (Å²) in [7, 11) is 0. The molecule has 2 rings (SSSR count). The Morgan fingerprint density at radius 2 is 1.95 bits per heavy atom. The van der Waals surface area contributed by atoms with Gasteiger partial charge in [0.05, 0.1) is 5.69 Å². The molecule has 0 aliphatic rings. The van der Waals surface area contributed by atoms with E-state index in [-0.39, 0.29) is 5.91 Å². The molecule has 1 amide bonds. The molecular formula is C15H13IN2O. The van der Waals surface area contributed by atoms with Crippen LogP contribution >= 0.6 is 22.6 Å². The number of hydrogen-bond acceptors (Lipinski definition) is 2. The lowest BCUT2D eigenvalue weighted by Gasteiger charge is -2.04. The number of nitrogens with one attached hydrogen (secondary N) is 1. The van der Waals surface area contributed by atoms with Gasteiger partial charge >= 0.3 is 0 Å². The van der Waals surface area contributed by atoms with Gasteiger partial charge in [-0.2, -0.15) is 0 Å². The Morgan fingerprint density at radius 1 is 1.16 bits per heavy atom. The molecule has 3 nitrogen and oxygen atoms in total. The molecule has 0 saturated carbocycles. The maximum atomic E-state index is 11.8. The van der Waals surface area contributed by atoms with Crippen molar-refractivity contribution < 1.29 is 4.79 Å². The highest BCUT2D eigenvalue weighted by atomic mass is 127. The lowest BCUT2D eigenvalue weighted by molar-refractivity contribution is -0.111. The van der Waals surface area contributed by atoms with Crippen LogP contribution in [0.2, 0.25) is 0 Å². The van der Waals surface area contributed by atoms with Crippen LogP contribution in [0.1, 0.15) is 5.56 Å². The first-order valence-corrected chi connectivity index (χ1v) is 6.82. The summed E-state index contributed by atoms with van der Waals surface area (Å²) in [6.07, 6.45) is 3.24. The summed E-state index contributed by atoms with van der Waals surface area (Å²) in [5.41, 5.74) is 8.07. The van der Waals surface area contributed by atoms with Gasteiger partial charge in [0.1, 0.15) is 0 Å². The largest absolute Gasteiger partial charge is 0.399 e. The van der Waals surface area contributed by atoms with Gasteiger partial charge in [-0.25, -0.2) is 0 Å². The fourth-order valence-electron chi connectivity index (χ4n) is 1.57. The molecule has 0 saturated heterocycles. The minimum atomic E-state index is -0.161. The molecule has 96 valence electrons. The number of halogens is 1. The zero-order valence-corrected chi connectivity index (χ0v) is 12.3. The van der Waals surface area contributed by atoms with Crippen LogP contribution in [0.5, 0.6) is 0 Å². The molecule has 0 bridgehead atoms. The molecule has 2 aromatic rings. The van der Waals surface area contributed by atoms with Gasteiger partial charge in [-0.1, -0.05) is 24.3 Å². The number of nitrogens with two attached hydrogens (primary N) is 1. The number of rotatable bonds is 3. The van der Waals surface area contributed by atoms with E-state index < -0.39 is 0 Å². The van der Waals surface area contributed by atoms with Gasteiger partial charge in [0, 0.05) is 15.3 Å². The molecule has 0 aliphatic heterocycles. The molecule has 19 heavy (non-hydrogen) atoms. The van der Waals surface area contributed by atoms with Crippen LogP contribution < -0.4 is 11.1 Å². The molecule has 0 radical (unpaired) electrons. The summed E-state index contributed by atoms with van der Waals surface area (Å²) >= 11 is 2.18. The summed E-state index contributed by atoms with van der Waals surface area (Å²) in [4.78, 5) is 11.8. The summed E-state index contributed by atoms with van der Waals surface area (Å²) in [5, 5.41) is 2.83. The summed E-state index contributed by atoms with van der Waals surface area (Å²) in [6, 6.07) is 15.0. The van der Waals surface area contributed by atoms with Crippen LogP contribution in [-0.4, -0.2) is 5.91 Å². The minimum absolute atomic E-state index is 0.161. The van der Waals surface area contributed by atoms with E-state index in [1.807, 2.05) is 48.5 Å². The summed E-state index contributed by atoms with van der Waals surface area (Å²) in [6.45, 7) is 0. The number of hydrogen-bond donors (Lipinski definition) is 2. The first kappa shape index (κ1) is 13.6. The van der Waals surface area contributed by atoms with Gasteiger partial charge in [0.25, 0.3) is 0 Å². The van der Waals surface area contributed by atoms with Crippen LogP contribution in [0.3, 0.4) is 0 Å². The predicted octanol–water partition coefficient (Wildman–Crippen LogP) is 3.53. The standard InChI is InChI=1S/C15H13IN2O/c16-13-6-1-2-7-14(13)18-15(19)9-8-11-4-3-5-12(17)10-11/h1-10H,17H2,(H,18,19)/b9-8+. The number of amides is 1. The smallest absolute Gasteiger partial charge is 0.248 e. The van der Waals surface area contributed by atoms with E-state index in [1.54, 1.807) is 6.08 Å². The van der Waals surface area contributed by atoms with Crippen molar-refractivity contribution in [3.63, 3.8) is 0 Å². The first-order chi connectivity index (χ1) is 9.15. The van der Waals surface area contributed by atoms with Crippen LogP contribution in [-0.2, 0) is 4.79 Å². The van der Waals surface area contributed by atoms with Crippen molar-refractivity contribution in [2.75, 3.05) is 11.1 Å². The highest BCUT2D eigenvalue weighted by molar-refractivity contribution is 14.1. The number of anilines is 2. The number of nitrogen functional groups attached to an aromatic ring is 1. The lowest BCUT2D eigenvalue weighted by Crippen LogP contribution is -2.08. The van der Waals surface area contributed by atoms with E-state index in [0.717, 1.165) is 14.8 Å². The van der Waals surface area contributed by atoms with Gasteiger partial charge in [-0.3, -0.25) is 4.79 Å². The zero-order chi connectivity index (χ0) is 13.7. The Labute approximate surface area is 125 Å². The Hall–Kier alpha value is -1.82. The molecule has 0 aromatic heterocycles. The first-order valence-electron chi connectivity index (χ1n) is 5.74. The fraction of sp³-hybridized carbons (Fsp3) is 0. The van der Waals surface area contributed by atoms with Gasteiger partial charge in [0.2, 0.25) is 5.91 Å². The van der Waals surface area contributed by atoms with E-state index in [4.69, 9.17) is 5.73 Å². The fourth-order valence-corrected chi connectivity index (χ4v) is 2.09. The number of benzene rings is 2. The average Bonchev–Trinajstić information content (AvgIpc) is 2.39. The van der Waals surface area contributed by atoms with Crippen molar-refractivity contribution in [1.29, 1.82) is 0 Å². The lowest BCUT2D eigenvalue weighted by atomic mass is 10.2. The Balaban J connectivity index is 2.04. The summed E-state index contributed by atoms with van der Waals surface area (Å²) < 4.78 is 1.01. The number of carbonyl (C=O) groups is 1. The zero-order valence-electron chi connectivity index (χ0n) is 10.1. The maximum absolute atomic E-state index is 11.8. The topological polar surface area (TPSA) is 55.1 Å². The molecule has 0 unspecified atom stereocenters. The van der Waals surface area contributed by atoms with Crippen molar-refractivity contribution in [1.82, 2.24) is 0 Å². The SMILES string of the molecule is Nc1cccc(/C=C/C(=O)Nc2ccccc2I)c1. The van der Waals surface area contributed by atoms with Gasteiger partial charge in [0.15, 0.2) is 0 Å². The van der Waals surface area contributed by atoms with Crippen molar-refractivity contribution in [2.45, 2.75) is 0 Å². The van der Waals surface area contributed by atoms with Crippen LogP contribution in [0, 0.1) is 3.57 Å². The molecule has 0 fully saturated rings. The second-order valence-corrected chi connectivity index (χ2v) is 5.13. The highest BCUT2D eigenvalue weighted by Gasteiger charge is 2.01. The monoisotopic (exact) mass is 364 g/mol. The van der Waals surface area contributed by atoms with E-state index in [9.17, 15) is 4.79 Å². The normalized spacial score (nSPS) is 10.6.